The van der Waals surface area contributed by atoms with Gasteiger partial charge >= 0.3 is 5.97 Å². The molecular weight excluding hydrogens is 240 g/mol. The summed E-state index contributed by atoms with van der Waals surface area (Å²) in [5, 5.41) is 0. The molecule has 0 radical (unpaired) electrons. The van der Waals surface area contributed by atoms with Gasteiger partial charge < -0.3 is 9.47 Å². The van der Waals surface area contributed by atoms with Crippen LogP contribution in [-0.2, 0) is 14.3 Å². The van der Waals surface area contributed by atoms with Crippen molar-refractivity contribution in [3.05, 3.63) is 12.2 Å². The van der Waals surface area contributed by atoms with Gasteiger partial charge in [0.2, 0.25) is 0 Å². The molecule has 1 rings (SSSR count). The minimum Gasteiger partial charge on any atom is -0.459 e. The van der Waals surface area contributed by atoms with Crippen LogP contribution < -0.4 is 0 Å². The summed E-state index contributed by atoms with van der Waals surface area (Å²) in [5.74, 6) is -0.270. The predicted octanol–water partition coefficient (Wildman–Crippen LogP) is 4.01. The lowest BCUT2D eigenvalue weighted by molar-refractivity contribution is -0.148. The van der Waals surface area contributed by atoms with Crippen LogP contribution in [0.5, 0.6) is 0 Å². The number of rotatable bonds is 8. The third-order valence-electron chi connectivity index (χ3n) is 3.55. The highest BCUT2D eigenvalue weighted by Crippen LogP contribution is 2.24. The number of carbonyl (C=O) groups excluding carboxylic acids is 1. The topological polar surface area (TPSA) is 35.5 Å². The van der Waals surface area contributed by atoms with E-state index in [0.717, 1.165) is 38.7 Å². The Kier molecular flexibility index (Phi) is 7.80. The second-order valence-corrected chi connectivity index (χ2v) is 5.53. The molecule has 1 aliphatic carbocycles. The summed E-state index contributed by atoms with van der Waals surface area (Å²) in [7, 11) is 0. The van der Waals surface area contributed by atoms with Gasteiger partial charge in [0.1, 0.15) is 6.10 Å². The highest BCUT2D eigenvalue weighted by Gasteiger charge is 2.25. The summed E-state index contributed by atoms with van der Waals surface area (Å²) >= 11 is 0. The van der Waals surface area contributed by atoms with Crippen LogP contribution in [0.4, 0.5) is 0 Å². The largest absolute Gasteiger partial charge is 0.459 e. The second kappa shape index (κ2) is 9.13. The molecule has 2 atom stereocenters. The number of ether oxygens (including phenoxy) is 2. The molecule has 0 bridgehead atoms. The lowest BCUT2D eigenvalue weighted by atomic mass is 9.95. The molecule has 1 aliphatic rings. The first-order valence-electron chi connectivity index (χ1n) is 7.61. The van der Waals surface area contributed by atoms with Crippen LogP contribution in [0.15, 0.2) is 12.2 Å². The Morgan fingerprint density at radius 1 is 1.21 bits per heavy atom. The molecule has 3 heteroatoms. The number of hydrogen-bond donors (Lipinski definition) is 0. The van der Waals surface area contributed by atoms with Crippen LogP contribution in [-0.4, -0.2) is 24.8 Å². The van der Waals surface area contributed by atoms with Crippen LogP contribution in [0.25, 0.3) is 0 Å². The molecule has 19 heavy (non-hydrogen) atoms. The van der Waals surface area contributed by atoms with Crippen molar-refractivity contribution in [2.45, 2.75) is 77.4 Å². The Hall–Kier alpha value is -0.830. The highest BCUT2D eigenvalue weighted by atomic mass is 16.5. The molecule has 0 aliphatic heterocycles. The summed E-state index contributed by atoms with van der Waals surface area (Å²) < 4.78 is 11.3. The maximum absolute atomic E-state index is 11.5. The smallest absolute Gasteiger partial charge is 0.333 e. The van der Waals surface area contributed by atoms with Gasteiger partial charge in [0.15, 0.2) is 0 Å². The van der Waals surface area contributed by atoms with Gasteiger partial charge in [-0.2, -0.15) is 0 Å². The first-order chi connectivity index (χ1) is 9.13. The van der Waals surface area contributed by atoms with Crippen molar-refractivity contribution >= 4 is 5.97 Å². The molecular formula is C16H28O3. The van der Waals surface area contributed by atoms with Gasteiger partial charge in [0, 0.05) is 18.6 Å². The fraction of sp³-hybridized carbons (Fsp3) is 0.812. The van der Waals surface area contributed by atoms with Gasteiger partial charge in [-0.05, 0) is 32.6 Å². The van der Waals surface area contributed by atoms with E-state index in [1.165, 1.54) is 19.3 Å². The fourth-order valence-electron chi connectivity index (χ4n) is 2.39. The third-order valence-corrected chi connectivity index (χ3v) is 3.55. The van der Waals surface area contributed by atoms with Gasteiger partial charge in [-0.3, -0.25) is 0 Å². The Balaban J connectivity index is 2.18. The predicted molar refractivity (Wildman–Crippen MR) is 77.0 cm³/mol. The van der Waals surface area contributed by atoms with Crippen molar-refractivity contribution in [3.8, 4) is 0 Å². The molecule has 0 heterocycles. The molecule has 0 aromatic carbocycles. The van der Waals surface area contributed by atoms with Gasteiger partial charge in [0.05, 0.1) is 6.10 Å². The third kappa shape index (κ3) is 6.76. The minimum atomic E-state index is -0.270. The molecule has 3 nitrogen and oxygen atoms in total. The maximum atomic E-state index is 11.5. The molecule has 0 aromatic rings. The summed E-state index contributed by atoms with van der Waals surface area (Å²) in [6, 6.07) is 0. The summed E-state index contributed by atoms with van der Waals surface area (Å²) in [4.78, 5) is 11.5. The second-order valence-electron chi connectivity index (χ2n) is 5.53. The maximum Gasteiger partial charge on any atom is 0.333 e. The van der Waals surface area contributed by atoms with Crippen molar-refractivity contribution in [3.63, 3.8) is 0 Å². The number of carbonyl (C=O) groups is 1. The summed E-state index contributed by atoms with van der Waals surface area (Å²) in [6.45, 7) is 8.35. The SMILES string of the molecule is C=C(C)C(=O)OC1CCCC(OCCCCCC)C1. The van der Waals surface area contributed by atoms with E-state index >= 15 is 0 Å². The first kappa shape index (κ1) is 16.2. The van der Waals surface area contributed by atoms with E-state index in [-0.39, 0.29) is 18.2 Å². The van der Waals surface area contributed by atoms with E-state index in [1.807, 2.05) is 0 Å². The Bertz CT molecular complexity index is 286. The van der Waals surface area contributed by atoms with Gasteiger partial charge in [-0.15, -0.1) is 0 Å². The number of esters is 1. The Labute approximate surface area is 117 Å². The molecule has 0 amide bonds. The van der Waals surface area contributed by atoms with Gasteiger partial charge in [-0.1, -0.05) is 32.8 Å². The quantitative estimate of drug-likeness (QED) is 0.379. The molecule has 0 aromatic heterocycles. The number of hydrogen-bond acceptors (Lipinski definition) is 3. The van der Waals surface area contributed by atoms with Crippen molar-refractivity contribution in [1.82, 2.24) is 0 Å². The lowest BCUT2D eigenvalue weighted by Crippen LogP contribution is -2.30. The normalized spacial score (nSPS) is 23.1. The molecule has 2 unspecified atom stereocenters. The van der Waals surface area contributed by atoms with Crippen LogP contribution in [0.3, 0.4) is 0 Å². The van der Waals surface area contributed by atoms with Crippen molar-refractivity contribution in [1.29, 1.82) is 0 Å². The Morgan fingerprint density at radius 3 is 2.63 bits per heavy atom. The Morgan fingerprint density at radius 2 is 1.95 bits per heavy atom. The zero-order chi connectivity index (χ0) is 14.1. The molecule has 1 fully saturated rings. The van der Waals surface area contributed by atoms with E-state index in [9.17, 15) is 4.79 Å². The molecule has 0 spiro atoms. The average molecular weight is 268 g/mol. The zero-order valence-electron chi connectivity index (χ0n) is 12.5. The molecule has 0 saturated heterocycles. The monoisotopic (exact) mass is 268 g/mol. The fourth-order valence-corrected chi connectivity index (χ4v) is 2.39. The van der Waals surface area contributed by atoms with Crippen LogP contribution in [0, 0.1) is 0 Å². The summed E-state index contributed by atoms with van der Waals surface area (Å²) in [5.41, 5.74) is 0.475. The standard InChI is InChI=1S/C16H28O3/c1-4-5-6-7-11-18-14-9-8-10-15(12-14)19-16(17)13(2)3/h14-15H,2,4-12H2,1,3H3. The molecule has 110 valence electrons. The molecule has 1 saturated carbocycles. The summed E-state index contributed by atoms with van der Waals surface area (Å²) in [6.07, 6.45) is 9.16. The van der Waals surface area contributed by atoms with E-state index in [2.05, 4.69) is 13.5 Å². The van der Waals surface area contributed by atoms with E-state index in [1.54, 1.807) is 6.92 Å². The number of unbranched alkanes of at least 4 members (excludes halogenated alkanes) is 3. The van der Waals surface area contributed by atoms with E-state index in [0.29, 0.717) is 5.57 Å². The average Bonchev–Trinajstić information content (AvgIpc) is 2.39. The van der Waals surface area contributed by atoms with Crippen LogP contribution in [0.2, 0.25) is 0 Å². The lowest BCUT2D eigenvalue weighted by Gasteiger charge is -2.29. The van der Waals surface area contributed by atoms with E-state index in [4.69, 9.17) is 9.47 Å². The van der Waals surface area contributed by atoms with Crippen molar-refractivity contribution < 1.29 is 14.3 Å². The minimum absolute atomic E-state index is 0.0126. The van der Waals surface area contributed by atoms with Gasteiger partial charge in [0.25, 0.3) is 0 Å². The van der Waals surface area contributed by atoms with Crippen LogP contribution in [0.1, 0.15) is 65.2 Å². The van der Waals surface area contributed by atoms with E-state index < -0.39 is 0 Å². The van der Waals surface area contributed by atoms with Crippen molar-refractivity contribution in [2.24, 2.45) is 0 Å². The molecule has 0 N–H and O–H groups in total. The first-order valence-corrected chi connectivity index (χ1v) is 7.61. The van der Waals surface area contributed by atoms with Crippen molar-refractivity contribution in [2.75, 3.05) is 6.61 Å². The highest BCUT2D eigenvalue weighted by molar-refractivity contribution is 5.87. The van der Waals surface area contributed by atoms with Crippen LogP contribution >= 0.6 is 0 Å². The van der Waals surface area contributed by atoms with Gasteiger partial charge in [-0.25, -0.2) is 4.79 Å². The zero-order valence-corrected chi connectivity index (χ0v) is 12.5.